The third-order valence-electron chi connectivity index (χ3n) is 2.91. The summed E-state index contributed by atoms with van der Waals surface area (Å²) in [5, 5.41) is 7.04. The van der Waals surface area contributed by atoms with Gasteiger partial charge in [-0.1, -0.05) is 6.07 Å². The Kier molecular flexibility index (Phi) is 3.55. The van der Waals surface area contributed by atoms with Crippen LogP contribution in [0, 0.1) is 6.92 Å². The summed E-state index contributed by atoms with van der Waals surface area (Å²) in [6, 6.07) is 7.27. The predicted octanol–water partition coefficient (Wildman–Crippen LogP) is 2.61. The molecule has 0 aliphatic heterocycles. The maximum Gasteiger partial charge on any atom is 0.257 e. The van der Waals surface area contributed by atoms with Crippen LogP contribution in [0.5, 0.6) is 0 Å². The van der Waals surface area contributed by atoms with Gasteiger partial charge in [-0.3, -0.25) is 4.79 Å². The van der Waals surface area contributed by atoms with Gasteiger partial charge in [0.2, 0.25) is 0 Å². The normalized spacial score (nSPS) is 10.7. The second-order valence-electron chi connectivity index (χ2n) is 4.78. The molecule has 5 heteroatoms. The quantitative estimate of drug-likeness (QED) is 0.831. The van der Waals surface area contributed by atoms with Crippen LogP contribution in [-0.4, -0.2) is 15.7 Å². The number of aryl methyl sites for hydroxylation is 1. The van der Waals surface area contributed by atoms with Crippen molar-refractivity contribution in [3.8, 4) is 0 Å². The van der Waals surface area contributed by atoms with Gasteiger partial charge >= 0.3 is 0 Å². The van der Waals surface area contributed by atoms with E-state index in [0.717, 1.165) is 5.56 Å². The number of amides is 1. The van der Waals surface area contributed by atoms with E-state index < -0.39 is 0 Å². The molecule has 0 atom stereocenters. The molecule has 100 valence electrons. The molecule has 0 aliphatic rings. The van der Waals surface area contributed by atoms with Gasteiger partial charge in [-0.2, -0.15) is 5.10 Å². The third kappa shape index (κ3) is 2.76. The number of nitrogens with one attached hydrogen (secondary N) is 1. The molecule has 1 heterocycles. The smallest absolute Gasteiger partial charge is 0.257 e. The predicted molar refractivity (Wildman–Crippen MR) is 76.2 cm³/mol. The number of rotatable bonds is 3. The van der Waals surface area contributed by atoms with Crippen molar-refractivity contribution >= 4 is 17.4 Å². The fourth-order valence-electron chi connectivity index (χ4n) is 1.89. The zero-order chi connectivity index (χ0) is 14.0. The van der Waals surface area contributed by atoms with Crippen LogP contribution in [0.1, 0.15) is 35.8 Å². The Morgan fingerprint density at radius 1 is 1.37 bits per heavy atom. The van der Waals surface area contributed by atoms with Gasteiger partial charge in [0.15, 0.2) is 0 Å². The van der Waals surface area contributed by atoms with Gasteiger partial charge < -0.3 is 11.1 Å². The molecule has 0 radical (unpaired) electrons. The summed E-state index contributed by atoms with van der Waals surface area (Å²) in [7, 11) is 0. The van der Waals surface area contributed by atoms with E-state index in [4.69, 9.17) is 5.73 Å². The molecule has 0 aliphatic carbocycles. The highest BCUT2D eigenvalue weighted by Gasteiger charge is 2.13. The highest BCUT2D eigenvalue weighted by molar-refractivity contribution is 6.05. The molecule has 2 aromatic rings. The topological polar surface area (TPSA) is 72.9 Å². The first-order valence-corrected chi connectivity index (χ1v) is 6.20. The van der Waals surface area contributed by atoms with Crippen LogP contribution in [0.15, 0.2) is 30.5 Å². The van der Waals surface area contributed by atoms with Gasteiger partial charge in [0.1, 0.15) is 5.82 Å². The summed E-state index contributed by atoms with van der Waals surface area (Å²) in [5.74, 6) is 0.508. The Bertz CT molecular complexity index is 601. The first kappa shape index (κ1) is 13.1. The van der Waals surface area contributed by atoms with Crippen molar-refractivity contribution in [2.45, 2.75) is 26.8 Å². The molecule has 3 N–H and O–H groups in total. The van der Waals surface area contributed by atoms with E-state index in [9.17, 15) is 4.79 Å². The summed E-state index contributed by atoms with van der Waals surface area (Å²) < 4.78 is 1.76. The summed E-state index contributed by atoms with van der Waals surface area (Å²) in [5.41, 5.74) is 7.77. The zero-order valence-corrected chi connectivity index (χ0v) is 11.3. The van der Waals surface area contributed by atoms with Gasteiger partial charge in [-0.05, 0) is 38.5 Å². The lowest BCUT2D eigenvalue weighted by Crippen LogP contribution is -2.17. The van der Waals surface area contributed by atoms with Crippen molar-refractivity contribution in [1.82, 2.24) is 9.78 Å². The van der Waals surface area contributed by atoms with Gasteiger partial charge in [0.05, 0.1) is 6.20 Å². The minimum absolute atomic E-state index is 0.174. The highest BCUT2D eigenvalue weighted by atomic mass is 16.1. The average Bonchev–Trinajstić information content (AvgIpc) is 2.80. The number of aromatic nitrogens is 2. The average molecular weight is 258 g/mol. The van der Waals surface area contributed by atoms with E-state index in [1.165, 1.54) is 0 Å². The van der Waals surface area contributed by atoms with Crippen molar-refractivity contribution in [3.05, 3.63) is 41.6 Å². The van der Waals surface area contributed by atoms with E-state index >= 15 is 0 Å². The molecule has 0 spiro atoms. The summed E-state index contributed by atoms with van der Waals surface area (Å²) in [4.78, 5) is 12.3. The van der Waals surface area contributed by atoms with Crippen LogP contribution < -0.4 is 11.1 Å². The van der Waals surface area contributed by atoms with Crippen LogP contribution in [0.25, 0.3) is 0 Å². The molecule has 19 heavy (non-hydrogen) atoms. The number of hydrogen-bond acceptors (Lipinski definition) is 3. The van der Waals surface area contributed by atoms with Gasteiger partial charge in [-0.15, -0.1) is 0 Å². The summed E-state index contributed by atoms with van der Waals surface area (Å²) in [6.07, 6.45) is 1.67. The second-order valence-corrected chi connectivity index (χ2v) is 4.78. The minimum atomic E-state index is -0.174. The molecule has 0 fully saturated rings. The fraction of sp³-hybridized carbons (Fsp3) is 0.286. The molecule has 0 saturated heterocycles. The number of nitrogens with zero attached hydrogens (tertiary/aromatic N) is 2. The number of hydrogen-bond donors (Lipinski definition) is 2. The van der Waals surface area contributed by atoms with Crippen LogP contribution >= 0.6 is 0 Å². The van der Waals surface area contributed by atoms with Gasteiger partial charge in [0.25, 0.3) is 5.91 Å². The number of nitrogens with two attached hydrogens (primary N) is 1. The van der Waals surface area contributed by atoms with Crippen LogP contribution in [0.4, 0.5) is 11.5 Å². The minimum Gasteiger partial charge on any atom is -0.399 e. The standard InChI is InChI=1S/C14H18N4O/c1-9(2)18-13(6-7-16-18)17-14(19)12-8-11(15)5-4-10(12)3/h4-9H,15H2,1-3H3,(H,17,19). The first-order chi connectivity index (χ1) is 8.99. The molecule has 1 aromatic carbocycles. The van der Waals surface area contributed by atoms with E-state index in [1.807, 2.05) is 26.8 Å². The molecule has 1 aromatic heterocycles. The molecule has 0 saturated carbocycles. The Hall–Kier alpha value is -2.30. The highest BCUT2D eigenvalue weighted by Crippen LogP contribution is 2.17. The van der Waals surface area contributed by atoms with Crippen LogP contribution in [-0.2, 0) is 0 Å². The maximum atomic E-state index is 12.3. The van der Waals surface area contributed by atoms with Crippen LogP contribution in [0.2, 0.25) is 0 Å². The zero-order valence-electron chi connectivity index (χ0n) is 11.3. The van der Waals surface area contributed by atoms with E-state index in [-0.39, 0.29) is 11.9 Å². The maximum absolute atomic E-state index is 12.3. The number of carbonyl (C=O) groups is 1. The van der Waals surface area contributed by atoms with E-state index in [2.05, 4.69) is 10.4 Å². The van der Waals surface area contributed by atoms with E-state index in [1.54, 1.807) is 29.1 Å². The van der Waals surface area contributed by atoms with Crippen molar-refractivity contribution < 1.29 is 4.79 Å². The molecule has 5 nitrogen and oxygen atoms in total. The Morgan fingerprint density at radius 3 is 2.79 bits per heavy atom. The van der Waals surface area contributed by atoms with Crippen molar-refractivity contribution in [1.29, 1.82) is 0 Å². The lowest BCUT2D eigenvalue weighted by atomic mass is 10.1. The molecular weight excluding hydrogens is 240 g/mol. The Labute approximate surface area is 112 Å². The van der Waals surface area contributed by atoms with Crippen molar-refractivity contribution in [2.75, 3.05) is 11.1 Å². The summed E-state index contributed by atoms with van der Waals surface area (Å²) >= 11 is 0. The largest absolute Gasteiger partial charge is 0.399 e. The molecule has 2 rings (SSSR count). The SMILES string of the molecule is Cc1ccc(N)cc1C(=O)Nc1ccnn1C(C)C. The second kappa shape index (κ2) is 5.14. The van der Waals surface area contributed by atoms with Gasteiger partial charge in [-0.25, -0.2) is 4.68 Å². The van der Waals surface area contributed by atoms with E-state index in [0.29, 0.717) is 17.1 Å². The van der Waals surface area contributed by atoms with Crippen molar-refractivity contribution in [2.24, 2.45) is 0 Å². The molecular formula is C14H18N4O. The van der Waals surface area contributed by atoms with Gasteiger partial charge in [0, 0.05) is 23.4 Å². The third-order valence-corrected chi connectivity index (χ3v) is 2.91. The molecule has 1 amide bonds. The Morgan fingerprint density at radius 2 is 2.11 bits per heavy atom. The monoisotopic (exact) mass is 258 g/mol. The number of nitrogen functional groups attached to an aromatic ring is 1. The molecule has 0 bridgehead atoms. The number of benzene rings is 1. The first-order valence-electron chi connectivity index (χ1n) is 6.20. The number of anilines is 2. The number of carbonyl (C=O) groups excluding carboxylic acids is 1. The Balaban J connectivity index is 2.26. The molecule has 0 unspecified atom stereocenters. The lowest BCUT2D eigenvalue weighted by Gasteiger charge is -2.12. The lowest BCUT2D eigenvalue weighted by molar-refractivity contribution is 0.102. The van der Waals surface area contributed by atoms with Crippen molar-refractivity contribution in [3.63, 3.8) is 0 Å². The summed E-state index contributed by atoms with van der Waals surface area (Å²) in [6.45, 7) is 5.90. The fourth-order valence-corrected chi connectivity index (χ4v) is 1.89. The van der Waals surface area contributed by atoms with Crippen LogP contribution in [0.3, 0.4) is 0 Å².